The molecule has 2 aromatic rings. The van der Waals surface area contributed by atoms with Crippen LogP contribution in [0.15, 0.2) is 28.2 Å². The van der Waals surface area contributed by atoms with Crippen LogP contribution in [0.4, 0.5) is 11.8 Å². The number of hydrazine groups is 1. The van der Waals surface area contributed by atoms with Crippen molar-refractivity contribution in [1.82, 2.24) is 9.97 Å². The second-order valence-corrected chi connectivity index (χ2v) is 4.91. The van der Waals surface area contributed by atoms with Crippen molar-refractivity contribution >= 4 is 39.0 Å². The van der Waals surface area contributed by atoms with Crippen LogP contribution in [-0.2, 0) is 6.54 Å². The molecule has 2 aromatic heterocycles. The lowest BCUT2D eigenvalue weighted by atomic mass is 10.4. The molecule has 0 saturated carbocycles. The fraction of sp³-hybridized carbons (Fsp3) is 0.111. The molecule has 0 aromatic carbocycles. The summed E-state index contributed by atoms with van der Waals surface area (Å²) in [6.45, 7) is 0.733. The summed E-state index contributed by atoms with van der Waals surface area (Å²) in [6, 6.07) is 3.87. The van der Waals surface area contributed by atoms with Crippen LogP contribution >= 0.6 is 27.3 Å². The van der Waals surface area contributed by atoms with E-state index in [9.17, 15) is 0 Å². The molecule has 2 heterocycles. The van der Waals surface area contributed by atoms with Crippen molar-refractivity contribution in [3.05, 3.63) is 33.1 Å². The van der Waals surface area contributed by atoms with E-state index < -0.39 is 0 Å². The van der Waals surface area contributed by atoms with Gasteiger partial charge in [-0.1, -0.05) is 0 Å². The number of thiophene rings is 1. The maximum Gasteiger partial charge on any atom is 0.239 e. The van der Waals surface area contributed by atoms with Gasteiger partial charge in [0.2, 0.25) is 5.95 Å². The normalized spacial score (nSPS) is 10.1. The Morgan fingerprint density at radius 2 is 2.38 bits per heavy atom. The minimum Gasteiger partial charge on any atom is -0.365 e. The Kier molecular flexibility index (Phi) is 3.70. The van der Waals surface area contributed by atoms with E-state index in [2.05, 4.69) is 42.7 Å². The molecule has 0 atom stereocenters. The topological polar surface area (TPSA) is 75.9 Å². The van der Waals surface area contributed by atoms with Crippen LogP contribution in [0.3, 0.4) is 0 Å². The summed E-state index contributed by atoms with van der Waals surface area (Å²) < 4.78 is 1.10. The highest BCUT2D eigenvalue weighted by molar-refractivity contribution is 9.10. The van der Waals surface area contributed by atoms with E-state index in [0.29, 0.717) is 5.95 Å². The van der Waals surface area contributed by atoms with Crippen molar-refractivity contribution in [3.8, 4) is 0 Å². The summed E-state index contributed by atoms with van der Waals surface area (Å²) in [4.78, 5) is 9.30. The zero-order valence-electron chi connectivity index (χ0n) is 8.27. The van der Waals surface area contributed by atoms with Gasteiger partial charge in [0, 0.05) is 20.9 Å². The number of hydrogen-bond donors (Lipinski definition) is 3. The highest BCUT2D eigenvalue weighted by atomic mass is 79.9. The number of nitrogens with one attached hydrogen (secondary N) is 2. The van der Waals surface area contributed by atoms with Gasteiger partial charge in [0.15, 0.2) is 0 Å². The number of nitrogen functional groups attached to an aromatic ring is 1. The van der Waals surface area contributed by atoms with E-state index in [1.165, 1.54) is 4.88 Å². The van der Waals surface area contributed by atoms with Crippen LogP contribution in [0.5, 0.6) is 0 Å². The molecule has 0 aliphatic carbocycles. The summed E-state index contributed by atoms with van der Waals surface area (Å²) in [5.74, 6) is 6.37. The van der Waals surface area contributed by atoms with Crippen molar-refractivity contribution < 1.29 is 0 Å². The summed E-state index contributed by atoms with van der Waals surface area (Å²) >= 11 is 5.10. The Bertz CT molecular complexity index is 472. The van der Waals surface area contributed by atoms with Gasteiger partial charge in [-0.2, -0.15) is 4.98 Å². The first-order valence-electron chi connectivity index (χ1n) is 4.54. The van der Waals surface area contributed by atoms with Gasteiger partial charge in [-0.15, -0.1) is 11.3 Å². The average molecular weight is 300 g/mol. The number of halogens is 1. The Morgan fingerprint density at radius 3 is 3.06 bits per heavy atom. The van der Waals surface area contributed by atoms with Gasteiger partial charge >= 0.3 is 0 Å². The average Bonchev–Trinajstić information content (AvgIpc) is 2.73. The maximum absolute atomic E-state index is 5.22. The lowest BCUT2D eigenvalue weighted by molar-refractivity contribution is 1.08. The van der Waals surface area contributed by atoms with Gasteiger partial charge < -0.3 is 5.32 Å². The second-order valence-electron chi connectivity index (χ2n) is 2.99. The van der Waals surface area contributed by atoms with E-state index in [1.54, 1.807) is 23.6 Å². The lowest BCUT2D eigenvalue weighted by Gasteiger charge is -2.04. The van der Waals surface area contributed by atoms with Gasteiger partial charge in [-0.25, -0.2) is 10.8 Å². The van der Waals surface area contributed by atoms with Crippen molar-refractivity contribution in [3.63, 3.8) is 0 Å². The number of nitrogens with zero attached hydrogens (tertiary/aromatic N) is 2. The van der Waals surface area contributed by atoms with E-state index in [-0.39, 0.29) is 0 Å². The van der Waals surface area contributed by atoms with Gasteiger partial charge in [0.05, 0.1) is 6.54 Å². The summed E-state index contributed by atoms with van der Waals surface area (Å²) in [5, 5.41) is 5.24. The van der Waals surface area contributed by atoms with Gasteiger partial charge in [0.25, 0.3) is 0 Å². The molecular formula is C9H10BrN5S. The fourth-order valence-corrected chi connectivity index (χ4v) is 2.54. The third kappa shape index (κ3) is 2.91. The Morgan fingerprint density at radius 1 is 1.50 bits per heavy atom. The Hall–Kier alpha value is -1.18. The molecular weight excluding hydrogens is 290 g/mol. The van der Waals surface area contributed by atoms with Crippen LogP contribution in [0.2, 0.25) is 0 Å². The third-order valence-corrected chi connectivity index (χ3v) is 3.55. The molecule has 0 saturated heterocycles. The van der Waals surface area contributed by atoms with Gasteiger partial charge in [-0.05, 0) is 28.1 Å². The first-order valence-corrected chi connectivity index (χ1v) is 6.21. The zero-order chi connectivity index (χ0) is 11.4. The largest absolute Gasteiger partial charge is 0.365 e. The predicted octanol–water partition coefficient (Wildman–Crippen LogP) is 2.20. The van der Waals surface area contributed by atoms with Crippen LogP contribution in [0.25, 0.3) is 0 Å². The van der Waals surface area contributed by atoms with Crippen LogP contribution in [-0.4, -0.2) is 9.97 Å². The minimum absolute atomic E-state index is 0.400. The second kappa shape index (κ2) is 5.24. The van der Waals surface area contributed by atoms with Gasteiger partial charge in [0.1, 0.15) is 5.82 Å². The molecule has 0 spiro atoms. The first-order chi connectivity index (χ1) is 7.78. The molecule has 0 fully saturated rings. The molecule has 16 heavy (non-hydrogen) atoms. The SMILES string of the molecule is NNc1nccc(NCc2cc(Br)cs2)n1. The number of nitrogens with two attached hydrogens (primary N) is 1. The summed E-state index contributed by atoms with van der Waals surface area (Å²) in [7, 11) is 0. The van der Waals surface area contributed by atoms with Crippen molar-refractivity contribution in [2.45, 2.75) is 6.54 Å². The smallest absolute Gasteiger partial charge is 0.239 e. The molecule has 0 aliphatic rings. The van der Waals surface area contributed by atoms with Crippen LogP contribution < -0.4 is 16.6 Å². The number of anilines is 2. The maximum atomic E-state index is 5.22. The Balaban J connectivity index is 1.99. The monoisotopic (exact) mass is 299 g/mol. The molecule has 0 amide bonds. The van der Waals surface area contributed by atoms with E-state index >= 15 is 0 Å². The molecule has 0 unspecified atom stereocenters. The Labute approximate surface area is 105 Å². The molecule has 0 aliphatic heterocycles. The van der Waals surface area contributed by atoms with Crippen LogP contribution in [0.1, 0.15) is 4.88 Å². The standard InChI is InChI=1S/C9H10BrN5S/c10-6-3-7(16-5-6)4-13-8-1-2-12-9(14-8)15-11/h1-3,5H,4,11H2,(H2,12,13,14,15). The first kappa shape index (κ1) is 11.3. The number of aromatic nitrogens is 2. The quantitative estimate of drug-likeness (QED) is 0.596. The zero-order valence-corrected chi connectivity index (χ0v) is 10.7. The highest BCUT2D eigenvalue weighted by Gasteiger charge is 1.99. The predicted molar refractivity (Wildman–Crippen MR) is 69.2 cm³/mol. The number of hydrogen-bond acceptors (Lipinski definition) is 6. The molecule has 84 valence electrons. The summed E-state index contributed by atoms with van der Waals surface area (Å²) in [5.41, 5.74) is 2.40. The van der Waals surface area contributed by atoms with Crippen molar-refractivity contribution in [2.24, 2.45) is 5.84 Å². The molecule has 2 rings (SSSR count). The van der Waals surface area contributed by atoms with Crippen molar-refractivity contribution in [1.29, 1.82) is 0 Å². The van der Waals surface area contributed by atoms with Gasteiger partial charge in [-0.3, -0.25) is 5.43 Å². The van der Waals surface area contributed by atoms with E-state index in [0.717, 1.165) is 16.8 Å². The van der Waals surface area contributed by atoms with E-state index in [1.807, 2.05) is 5.38 Å². The summed E-state index contributed by atoms with van der Waals surface area (Å²) in [6.07, 6.45) is 1.65. The molecule has 4 N–H and O–H groups in total. The molecule has 7 heteroatoms. The minimum atomic E-state index is 0.400. The fourth-order valence-electron chi connectivity index (χ4n) is 1.15. The molecule has 0 radical (unpaired) electrons. The van der Waals surface area contributed by atoms with Crippen molar-refractivity contribution in [2.75, 3.05) is 10.7 Å². The number of rotatable bonds is 4. The third-order valence-electron chi connectivity index (χ3n) is 1.85. The molecule has 0 bridgehead atoms. The highest BCUT2D eigenvalue weighted by Crippen LogP contribution is 2.20. The van der Waals surface area contributed by atoms with E-state index in [4.69, 9.17) is 5.84 Å². The van der Waals surface area contributed by atoms with Crippen LogP contribution in [0, 0.1) is 0 Å². The lowest BCUT2D eigenvalue weighted by Crippen LogP contribution is -2.11. The molecule has 5 nitrogen and oxygen atoms in total.